The Kier molecular flexibility index (Phi) is 12.8. The number of nitrogen functional groups attached to an aromatic ring is 1. The highest BCUT2D eigenvalue weighted by Crippen LogP contribution is 2.57. The van der Waals surface area contributed by atoms with E-state index in [1.165, 1.54) is 50.9 Å². The first-order valence-electron chi connectivity index (χ1n) is 23.0. The Morgan fingerprint density at radius 1 is 0.919 bits per heavy atom. The van der Waals surface area contributed by atoms with Gasteiger partial charge in [0.25, 0.3) is 0 Å². The van der Waals surface area contributed by atoms with Gasteiger partial charge in [0.05, 0.1) is 29.4 Å². The highest BCUT2D eigenvalue weighted by Gasteiger charge is 2.48. The Balaban J connectivity index is 0.746. The molecule has 4 N–H and O–H groups in total. The van der Waals surface area contributed by atoms with E-state index in [0.717, 1.165) is 93.4 Å². The number of hydrogen-bond donors (Lipinski definition) is 3. The third kappa shape index (κ3) is 9.36. The summed E-state index contributed by atoms with van der Waals surface area (Å²) in [4.78, 5) is 45.1. The number of nitrogens with one attached hydrogen (secondary N) is 2. The summed E-state index contributed by atoms with van der Waals surface area (Å²) >= 11 is 0. The molecule has 0 radical (unpaired) electrons. The van der Waals surface area contributed by atoms with E-state index in [0.29, 0.717) is 71.3 Å². The van der Waals surface area contributed by atoms with Crippen LogP contribution in [0.25, 0.3) is 22.3 Å². The number of para-hydroxylation sites is 1. The fourth-order valence-corrected chi connectivity index (χ4v) is 11.6. The van der Waals surface area contributed by atoms with Crippen molar-refractivity contribution >= 4 is 40.1 Å². The minimum atomic E-state index is -0.351. The van der Waals surface area contributed by atoms with Crippen LogP contribution in [0.15, 0.2) is 72.7 Å². The number of rotatable bonds is 15. The van der Waals surface area contributed by atoms with Crippen LogP contribution in [0.3, 0.4) is 0 Å². The molecular weight excluding hydrogens is 781 g/mol. The monoisotopic (exact) mass is 842 g/mol. The molecule has 3 heterocycles. The van der Waals surface area contributed by atoms with E-state index in [-0.39, 0.29) is 17.9 Å². The lowest BCUT2D eigenvalue weighted by Crippen LogP contribution is -2.52. The number of nitrogens with two attached hydrogens (primary N) is 1. The first-order chi connectivity index (χ1) is 30.3. The van der Waals surface area contributed by atoms with Gasteiger partial charge in [0.15, 0.2) is 11.4 Å². The highest BCUT2D eigenvalue weighted by molar-refractivity contribution is 6.02. The summed E-state index contributed by atoms with van der Waals surface area (Å²) in [5.41, 5.74) is 10.1. The van der Waals surface area contributed by atoms with Gasteiger partial charge in [-0.25, -0.2) is 14.6 Å². The molecular formula is C48H62N10O4. The Morgan fingerprint density at radius 2 is 1.68 bits per heavy atom. The van der Waals surface area contributed by atoms with E-state index in [1.54, 1.807) is 0 Å². The normalized spacial score (nSPS) is 26.5. The molecule has 5 fully saturated rings. The van der Waals surface area contributed by atoms with Gasteiger partial charge in [0, 0.05) is 50.7 Å². The van der Waals surface area contributed by atoms with Crippen molar-refractivity contribution in [2.45, 2.75) is 89.6 Å². The topological polar surface area (TPSA) is 165 Å². The number of benzene rings is 2. The number of piperazine rings is 1. The molecule has 2 amide bonds. The van der Waals surface area contributed by atoms with Gasteiger partial charge in [-0.05, 0) is 118 Å². The zero-order chi connectivity index (χ0) is 42.6. The minimum Gasteiger partial charge on any atom is -0.455 e. The molecule has 1 aliphatic heterocycles. The molecule has 2 aromatic heterocycles. The van der Waals surface area contributed by atoms with Crippen LogP contribution in [0.5, 0.6) is 11.5 Å². The second-order valence-corrected chi connectivity index (χ2v) is 18.4. The molecule has 4 saturated carbocycles. The van der Waals surface area contributed by atoms with Crippen LogP contribution in [-0.2, 0) is 14.4 Å². The van der Waals surface area contributed by atoms with Crippen molar-refractivity contribution < 1.29 is 19.2 Å². The number of carbonyl (C=O) groups excluding carboxylic acids is 2. The van der Waals surface area contributed by atoms with Gasteiger partial charge in [0.1, 0.15) is 30.2 Å². The maximum atomic E-state index is 12.9. The number of aromatic nitrogens is 4. The van der Waals surface area contributed by atoms with Crippen LogP contribution < -0.4 is 21.1 Å². The molecule has 3 bridgehead atoms. The summed E-state index contributed by atoms with van der Waals surface area (Å²) in [6.45, 7) is 11.3. The molecule has 5 unspecified atom stereocenters. The van der Waals surface area contributed by atoms with Crippen LogP contribution in [0.2, 0.25) is 0 Å². The number of oxime groups is 1. The van der Waals surface area contributed by atoms with Crippen LogP contribution in [0.4, 0.5) is 11.5 Å². The van der Waals surface area contributed by atoms with Gasteiger partial charge in [-0.3, -0.25) is 19.4 Å². The quantitative estimate of drug-likeness (QED) is 0.0474. The maximum Gasteiger partial charge on any atom is 0.247 e. The summed E-state index contributed by atoms with van der Waals surface area (Å²) in [5, 5.41) is 16.2. The van der Waals surface area contributed by atoms with E-state index in [1.807, 2.05) is 60.1 Å². The SMILES string of the molecule is C=CC(=O)Nc1cc(-c2nn(C3CCC(N4CCN(C/C(C)=N/OCCNC(=O)CC5C6CCCC7CC5CC7C6)CC4)CC3)c3ncnc(N)c23)ccc1Oc1ccccc1. The zero-order valence-corrected chi connectivity index (χ0v) is 36.1. The van der Waals surface area contributed by atoms with Crippen molar-refractivity contribution in [3.8, 4) is 22.8 Å². The van der Waals surface area contributed by atoms with Gasteiger partial charge < -0.3 is 25.9 Å². The predicted molar refractivity (Wildman–Crippen MR) is 242 cm³/mol. The highest BCUT2D eigenvalue weighted by atomic mass is 16.6. The molecule has 9 rings (SSSR count). The van der Waals surface area contributed by atoms with Crippen molar-refractivity contribution in [3.05, 3.63) is 67.5 Å². The number of anilines is 2. The average Bonchev–Trinajstić information content (AvgIpc) is 3.79. The van der Waals surface area contributed by atoms with E-state index in [2.05, 4.69) is 42.1 Å². The first-order valence-corrected chi connectivity index (χ1v) is 23.0. The summed E-state index contributed by atoms with van der Waals surface area (Å²) in [6, 6.07) is 15.7. The Labute approximate surface area is 364 Å². The van der Waals surface area contributed by atoms with E-state index < -0.39 is 0 Å². The fourth-order valence-electron chi connectivity index (χ4n) is 11.6. The second kappa shape index (κ2) is 19.0. The number of ether oxygens (including phenoxy) is 1. The minimum absolute atomic E-state index is 0.164. The van der Waals surface area contributed by atoms with Crippen LogP contribution in [-0.4, -0.2) is 99.0 Å². The smallest absolute Gasteiger partial charge is 0.247 e. The molecule has 14 nitrogen and oxygen atoms in total. The molecule has 5 atom stereocenters. The van der Waals surface area contributed by atoms with Crippen molar-refractivity contribution in [3.63, 3.8) is 0 Å². The van der Waals surface area contributed by atoms with E-state index in [9.17, 15) is 9.59 Å². The molecule has 4 aromatic rings. The van der Waals surface area contributed by atoms with E-state index in [4.69, 9.17) is 20.4 Å². The number of amides is 2. The molecule has 0 spiro atoms. The molecule has 2 aromatic carbocycles. The third-order valence-electron chi connectivity index (χ3n) is 14.6. The molecule has 328 valence electrons. The van der Waals surface area contributed by atoms with Crippen molar-refractivity contribution in [1.29, 1.82) is 0 Å². The molecule has 4 aliphatic carbocycles. The second-order valence-electron chi connectivity index (χ2n) is 18.4. The average molecular weight is 843 g/mol. The summed E-state index contributed by atoms with van der Waals surface area (Å²) < 4.78 is 8.18. The molecule has 14 heteroatoms. The van der Waals surface area contributed by atoms with Gasteiger partial charge in [-0.2, -0.15) is 5.10 Å². The molecule has 5 aliphatic rings. The standard InChI is InChI=1S/C48H62N10O4/c1-3-43(59)53-41-27-34(12-17-42(41)62-39-10-5-4-6-11-39)46-45-47(49)51-30-52-48(45)58(54-46)38-15-13-37(14-16-38)57-21-19-56(20-22-57)29-31(2)55-61-23-18-50-44(60)28-40-33-9-7-8-32-24-36(40)26-35(32)25-33/h3-6,10-12,17,27,30,32-33,35-38,40H,1,7-9,13-16,18-26,28-29H2,2H3,(H,50,60)(H,53,59)(H2,49,51,52)/b55-31+. The van der Waals surface area contributed by atoms with Crippen molar-refractivity contribution in [2.24, 2.45) is 34.7 Å². The van der Waals surface area contributed by atoms with Gasteiger partial charge in [0.2, 0.25) is 11.8 Å². The van der Waals surface area contributed by atoms with E-state index >= 15 is 0 Å². The lowest BCUT2D eigenvalue weighted by molar-refractivity contribution is -0.123. The Morgan fingerprint density at radius 3 is 2.48 bits per heavy atom. The largest absolute Gasteiger partial charge is 0.455 e. The third-order valence-corrected chi connectivity index (χ3v) is 14.6. The predicted octanol–water partition coefficient (Wildman–Crippen LogP) is 7.45. The Bertz CT molecular complexity index is 2250. The number of carbonyl (C=O) groups is 2. The van der Waals surface area contributed by atoms with Crippen LogP contribution in [0.1, 0.15) is 83.6 Å². The summed E-state index contributed by atoms with van der Waals surface area (Å²) in [5.74, 6) is 5.31. The molecule has 62 heavy (non-hydrogen) atoms. The number of fused-ring (bicyclic) bond motifs is 3. The van der Waals surface area contributed by atoms with Gasteiger partial charge >= 0.3 is 0 Å². The number of hydrogen-bond acceptors (Lipinski definition) is 11. The van der Waals surface area contributed by atoms with Crippen LogP contribution in [0, 0.1) is 29.6 Å². The number of nitrogens with zero attached hydrogens (tertiary/aromatic N) is 7. The van der Waals surface area contributed by atoms with Crippen LogP contribution >= 0.6 is 0 Å². The lowest BCUT2D eigenvalue weighted by Gasteiger charge is -2.42. The van der Waals surface area contributed by atoms with Gasteiger partial charge in [-0.15, -0.1) is 0 Å². The lowest BCUT2D eigenvalue weighted by atomic mass is 9.69. The maximum absolute atomic E-state index is 12.9. The molecule has 1 saturated heterocycles. The summed E-state index contributed by atoms with van der Waals surface area (Å²) in [7, 11) is 0. The zero-order valence-electron chi connectivity index (χ0n) is 36.1. The van der Waals surface area contributed by atoms with Crippen molar-refractivity contribution in [2.75, 3.05) is 56.9 Å². The Hall–Kier alpha value is -5.34. The van der Waals surface area contributed by atoms with Gasteiger partial charge in [-0.1, -0.05) is 49.2 Å². The van der Waals surface area contributed by atoms with Crippen molar-refractivity contribution in [1.82, 2.24) is 34.9 Å². The fraction of sp³-hybridized carbons (Fsp3) is 0.542. The first kappa shape index (κ1) is 42.0. The summed E-state index contributed by atoms with van der Waals surface area (Å²) in [6.07, 6.45) is 15.7.